The van der Waals surface area contributed by atoms with E-state index in [1.54, 1.807) is 0 Å². The lowest BCUT2D eigenvalue weighted by atomic mass is 9.60. The molecule has 2 N–H and O–H groups in total. The summed E-state index contributed by atoms with van der Waals surface area (Å²) < 4.78 is 0. The number of nitrogens with zero attached hydrogens (tertiary/aromatic N) is 1. The summed E-state index contributed by atoms with van der Waals surface area (Å²) in [4.78, 5) is 0. The van der Waals surface area contributed by atoms with Crippen LogP contribution in [0.15, 0.2) is 36.5 Å². The van der Waals surface area contributed by atoms with E-state index in [-0.39, 0.29) is 5.41 Å². The Kier molecular flexibility index (Phi) is 4.00. The second-order valence-electron chi connectivity index (χ2n) is 8.62. The SMILES string of the molecule is CC(C)(C)c1[nH]ncc1CN[C@@H]1[C@@H]2CCC[C@H]2[C@H]1c1ccccc1. The van der Waals surface area contributed by atoms with Gasteiger partial charge in [0.2, 0.25) is 0 Å². The van der Waals surface area contributed by atoms with Crippen molar-refractivity contribution in [1.82, 2.24) is 15.5 Å². The van der Waals surface area contributed by atoms with Gasteiger partial charge >= 0.3 is 0 Å². The molecule has 2 aliphatic rings. The van der Waals surface area contributed by atoms with Crippen LogP contribution in [0.25, 0.3) is 0 Å². The van der Waals surface area contributed by atoms with Crippen LogP contribution < -0.4 is 5.32 Å². The molecule has 1 aromatic heterocycles. The zero-order valence-corrected chi connectivity index (χ0v) is 15.0. The van der Waals surface area contributed by atoms with Crippen LogP contribution in [0.3, 0.4) is 0 Å². The van der Waals surface area contributed by atoms with Crippen molar-refractivity contribution in [3.05, 3.63) is 53.3 Å². The van der Waals surface area contributed by atoms with Gasteiger partial charge in [-0.15, -0.1) is 0 Å². The molecule has 3 heteroatoms. The van der Waals surface area contributed by atoms with Crippen molar-refractivity contribution in [1.29, 1.82) is 0 Å². The topological polar surface area (TPSA) is 40.7 Å². The molecule has 4 atom stereocenters. The van der Waals surface area contributed by atoms with E-state index < -0.39 is 0 Å². The molecule has 0 spiro atoms. The second-order valence-corrected chi connectivity index (χ2v) is 8.62. The van der Waals surface area contributed by atoms with Crippen LogP contribution in [-0.2, 0) is 12.0 Å². The molecule has 0 radical (unpaired) electrons. The maximum atomic E-state index is 4.29. The van der Waals surface area contributed by atoms with E-state index in [4.69, 9.17) is 0 Å². The summed E-state index contributed by atoms with van der Waals surface area (Å²) in [7, 11) is 0. The van der Waals surface area contributed by atoms with Crippen LogP contribution in [0, 0.1) is 11.8 Å². The van der Waals surface area contributed by atoms with Crippen molar-refractivity contribution >= 4 is 0 Å². The lowest BCUT2D eigenvalue weighted by molar-refractivity contribution is 0.0939. The van der Waals surface area contributed by atoms with Crippen LogP contribution in [0.2, 0.25) is 0 Å². The highest BCUT2D eigenvalue weighted by Crippen LogP contribution is 2.56. The number of benzene rings is 1. The quantitative estimate of drug-likeness (QED) is 0.876. The zero-order valence-electron chi connectivity index (χ0n) is 15.0. The average Bonchev–Trinajstić information content (AvgIpc) is 3.16. The number of hydrogen-bond acceptors (Lipinski definition) is 2. The minimum atomic E-state index is 0.113. The molecule has 24 heavy (non-hydrogen) atoms. The summed E-state index contributed by atoms with van der Waals surface area (Å²) in [6, 6.07) is 11.7. The maximum absolute atomic E-state index is 4.29. The molecule has 2 saturated carbocycles. The molecule has 4 rings (SSSR count). The molecular weight excluding hydrogens is 294 g/mol. The number of fused-ring (bicyclic) bond motifs is 1. The predicted octanol–water partition coefficient (Wildman–Crippen LogP) is 4.38. The van der Waals surface area contributed by atoms with E-state index in [1.807, 2.05) is 6.20 Å². The summed E-state index contributed by atoms with van der Waals surface area (Å²) in [5.41, 5.74) is 4.20. The largest absolute Gasteiger partial charge is 0.309 e. The van der Waals surface area contributed by atoms with Crippen molar-refractivity contribution in [3.63, 3.8) is 0 Å². The monoisotopic (exact) mass is 323 g/mol. The molecule has 0 unspecified atom stereocenters. The Hall–Kier alpha value is -1.61. The van der Waals surface area contributed by atoms with Gasteiger partial charge in [-0.3, -0.25) is 5.10 Å². The Balaban J connectivity index is 1.50. The smallest absolute Gasteiger partial charge is 0.0535 e. The van der Waals surface area contributed by atoms with E-state index >= 15 is 0 Å². The van der Waals surface area contributed by atoms with E-state index in [0.29, 0.717) is 12.0 Å². The summed E-state index contributed by atoms with van der Waals surface area (Å²) in [6.07, 6.45) is 6.19. The van der Waals surface area contributed by atoms with Gasteiger partial charge in [0, 0.05) is 35.2 Å². The van der Waals surface area contributed by atoms with Gasteiger partial charge in [-0.05, 0) is 30.2 Å². The van der Waals surface area contributed by atoms with Crippen molar-refractivity contribution < 1.29 is 0 Å². The van der Waals surface area contributed by atoms with Gasteiger partial charge in [0.15, 0.2) is 0 Å². The minimum Gasteiger partial charge on any atom is -0.309 e. The third kappa shape index (κ3) is 2.69. The molecule has 2 aliphatic carbocycles. The maximum Gasteiger partial charge on any atom is 0.0535 e. The first kappa shape index (κ1) is 15.9. The molecule has 128 valence electrons. The van der Waals surface area contributed by atoms with Crippen LogP contribution in [-0.4, -0.2) is 16.2 Å². The van der Waals surface area contributed by atoms with Crippen LogP contribution in [0.1, 0.15) is 62.8 Å². The molecule has 3 nitrogen and oxygen atoms in total. The van der Waals surface area contributed by atoms with Crippen LogP contribution >= 0.6 is 0 Å². The fourth-order valence-corrected chi connectivity index (χ4v) is 5.03. The summed E-state index contributed by atoms with van der Waals surface area (Å²) in [5.74, 6) is 2.43. The molecular formula is C21H29N3. The molecule has 1 aromatic carbocycles. The predicted molar refractivity (Wildman–Crippen MR) is 97.9 cm³/mol. The highest BCUT2D eigenvalue weighted by molar-refractivity contribution is 5.29. The average molecular weight is 323 g/mol. The first-order valence-corrected chi connectivity index (χ1v) is 9.37. The van der Waals surface area contributed by atoms with Crippen molar-refractivity contribution in [2.45, 2.75) is 64.0 Å². The Bertz CT molecular complexity index is 683. The van der Waals surface area contributed by atoms with E-state index in [9.17, 15) is 0 Å². The summed E-state index contributed by atoms with van der Waals surface area (Å²) in [6.45, 7) is 7.65. The normalized spacial score (nSPS) is 29.3. The minimum absolute atomic E-state index is 0.113. The molecule has 0 amide bonds. The van der Waals surface area contributed by atoms with Gasteiger partial charge in [0.1, 0.15) is 0 Å². The molecule has 2 aromatic rings. The second kappa shape index (κ2) is 6.03. The molecule has 0 aliphatic heterocycles. The molecule has 0 bridgehead atoms. The van der Waals surface area contributed by atoms with Gasteiger partial charge in [0.05, 0.1) is 6.20 Å². The number of H-pyrrole nitrogens is 1. The Labute approximate surface area is 145 Å². The summed E-state index contributed by atoms with van der Waals surface area (Å²) in [5, 5.41) is 11.4. The van der Waals surface area contributed by atoms with Crippen LogP contribution in [0.5, 0.6) is 0 Å². The van der Waals surface area contributed by atoms with Gasteiger partial charge < -0.3 is 5.32 Å². The fourth-order valence-electron chi connectivity index (χ4n) is 5.03. The number of nitrogens with one attached hydrogen (secondary N) is 2. The third-order valence-electron chi connectivity index (χ3n) is 6.11. The number of aromatic nitrogens is 2. The van der Waals surface area contributed by atoms with E-state index in [2.05, 4.69) is 66.6 Å². The van der Waals surface area contributed by atoms with E-state index in [1.165, 1.54) is 36.1 Å². The highest BCUT2D eigenvalue weighted by Gasteiger charge is 2.52. The standard InChI is InChI=1S/C21H29N3/c1-21(2,3)20-15(13-23-24-20)12-22-19-17-11-7-10-16(17)18(19)14-8-5-4-6-9-14/h4-6,8-9,13,16-19,22H,7,10-12H2,1-3H3,(H,23,24)/t16-,17-,18-,19-/m1/s1. The number of rotatable bonds is 4. The third-order valence-corrected chi connectivity index (χ3v) is 6.11. The van der Waals surface area contributed by atoms with Gasteiger partial charge in [-0.25, -0.2) is 0 Å². The van der Waals surface area contributed by atoms with Gasteiger partial charge in [0.25, 0.3) is 0 Å². The molecule has 0 saturated heterocycles. The molecule has 1 heterocycles. The lowest BCUT2D eigenvalue weighted by Gasteiger charge is -2.50. The van der Waals surface area contributed by atoms with Crippen molar-refractivity contribution in [2.75, 3.05) is 0 Å². The van der Waals surface area contributed by atoms with Gasteiger partial charge in [-0.1, -0.05) is 57.5 Å². The van der Waals surface area contributed by atoms with Gasteiger partial charge in [-0.2, -0.15) is 5.10 Å². The Morgan fingerprint density at radius 1 is 1.12 bits per heavy atom. The first-order valence-electron chi connectivity index (χ1n) is 9.37. The zero-order chi connectivity index (χ0) is 16.7. The Morgan fingerprint density at radius 3 is 2.62 bits per heavy atom. The molecule has 2 fully saturated rings. The number of aromatic amines is 1. The lowest BCUT2D eigenvalue weighted by Crippen LogP contribution is -2.54. The van der Waals surface area contributed by atoms with Crippen LogP contribution in [0.4, 0.5) is 0 Å². The fraction of sp³-hybridized carbons (Fsp3) is 0.571. The van der Waals surface area contributed by atoms with Crippen molar-refractivity contribution in [2.24, 2.45) is 11.8 Å². The first-order chi connectivity index (χ1) is 11.6. The van der Waals surface area contributed by atoms with E-state index in [0.717, 1.165) is 18.4 Å². The number of hydrogen-bond donors (Lipinski definition) is 2. The summed E-state index contributed by atoms with van der Waals surface area (Å²) >= 11 is 0. The Morgan fingerprint density at radius 2 is 1.88 bits per heavy atom. The van der Waals surface area contributed by atoms with Crippen molar-refractivity contribution in [3.8, 4) is 0 Å². The highest BCUT2D eigenvalue weighted by atomic mass is 15.1.